The highest BCUT2D eigenvalue weighted by molar-refractivity contribution is 7.61. The first kappa shape index (κ1) is 24.0. The molecule has 0 amide bonds. The van der Waals surface area contributed by atoms with Crippen LogP contribution in [0.1, 0.15) is 22.3 Å². The van der Waals surface area contributed by atoms with Crippen LogP contribution >= 0.6 is 7.80 Å². The molecule has 0 N–H and O–H groups in total. The van der Waals surface area contributed by atoms with E-state index in [1.165, 1.54) is 0 Å². The molecule has 0 heterocycles. The fourth-order valence-electron chi connectivity index (χ4n) is 2.36. The Morgan fingerprint density at radius 1 is 0.500 bits per heavy atom. The maximum absolute atomic E-state index is 13.1. The molecule has 0 unspecified atom stereocenters. The van der Waals surface area contributed by atoms with Gasteiger partial charge in [-0.25, -0.2) is 0 Å². The number of benzene rings is 2. The van der Waals surface area contributed by atoms with Gasteiger partial charge in [0.15, 0.2) is 0 Å². The SMILES string of the molecule is O=[P+](c1cc(C(F)(F)F)ccc1C(F)(F)F)c1cc(C(F)(F)F)ccc1C(F)(F)F. The van der Waals surface area contributed by atoms with Crippen LogP contribution in [0.2, 0.25) is 0 Å². The van der Waals surface area contributed by atoms with E-state index in [0.717, 1.165) is 0 Å². The number of alkyl halides is 12. The molecule has 0 fully saturated rings. The molecular formula is C16H6F12OP+. The third-order valence-electron chi connectivity index (χ3n) is 3.70. The highest BCUT2D eigenvalue weighted by Gasteiger charge is 2.48. The quantitative estimate of drug-likeness (QED) is 0.358. The van der Waals surface area contributed by atoms with E-state index in [1.54, 1.807) is 0 Å². The van der Waals surface area contributed by atoms with E-state index in [4.69, 9.17) is 0 Å². The van der Waals surface area contributed by atoms with Crippen LogP contribution in [0.5, 0.6) is 0 Å². The first-order valence-electron chi connectivity index (χ1n) is 7.37. The Hall–Kier alpha value is -2.30. The third kappa shape index (κ3) is 5.05. The van der Waals surface area contributed by atoms with Gasteiger partial charge in [0, 0.05) is 12.1 Å². The van der Waals surface area contributed by atoms with E-state index in [0.29, 0.717) is 0 Å². The van der Waals surface area contributed by atoms with Crippen molar-refractivity contribution in [1.82, 2.24) is 0 Å². The zero-order chi connectivity index (χ0) is 23.3. The minimum atomic E-state index is -5.44. The Morgan fingerprint density at radius 2 is 0.800 bits per heavy atom. The fraction of sp³-hybridized carbons (Fsp3) is 0.250. The molecule has 30 heavy (non-hydrogen) atoms. The van der Waals surface area contributed by atoms with Crippen molar-refractivity contribution >= 4 is 18.4 Å². The molecular weight excluding hydrogens is 467 g/mol. The molecule has 0 aliphatic rings. The molecule has 1 nitrogen and oxygen atoms in total. The van der Waals surface area contributed by atoms with Crippen molar-refractivity contribution < 1.29 is 57.3 Å². The summed E-state index contributed by atoms with van der Waals surface area (Å²) in [5.74, 6) is 0. The van der Waals surface area contributed by atoms with Crippen LogP contribution in [0.3, 0.4) is 0 Å². The van der Waals surface area contributed by atoms with Gasteiger partial charge in [-0.1, -0.05) is 4.57 Å². The topological polar surface area (TPSA) is 17.1 Å². The second kappa shape index (κ2) is 7.44. The summed E-state index contributed by atoms with van der Waals surface area (Å²) in [5.41, 5.74) is -7.48. The minimum Gasteiger partial charge on any atom is -0.166 e. The smallest absolute Gasteiger partial charge is 0.166 e. The molecule has 2 aromatic carbocycles. The van der Waals surface area contributed by atoms with E-state index in [2.05, 4.69) is 0 Å². The van der Waals surface area contributed by atoms with Crippen LogP contribution in [0.15, 0.2) is 36.4 Å². The van der Waals surface area contributed by atoms with Crippen LogP contribution in [-0.4, -0.2) is 0 Å². The average Bonchev–Trinajstić information content (AvgIpc) is 2.57. The molecule has 0 atom stereocenters. The van der Waals surface area contributed by atoms with E-state index in [9.17, 15) is 57.3 Å². The lowest BCUT2D eigenvalue weighted by molar-refractivity contribution is -0.140. The number of rotatable bonds is 2. The van der Waals surface area contributed by atoms with Gasteiger partial charge in [-0.15, -0.1) is 0 Å². The Bertz CT molecular complexity index is 889. The normalized spacial score (nSPS) is 13.5. The maximum atomic E-state index is 13.1. The zero-order valence-electron chi connectivity index (χ0n) is 13.9. The highest BCUT2D eigenvalue weighted by Crippen LogP contribution is 2.41. The second-order valence-electron chi connectivity index (χ2n) is 5.75. The Labute approximate surface area is 160 Å². The molecule has 0 aliphatic carbocycles. The van der Waals surface area contributed by atoms with Crippen molar-refractivity contribution in [3.05, 3.63) is 58.7 Å². The third-order valence-corrected chi connectivity index (χ3v) is 5.31. The standard InChI is InChI=1S/C16H6F12OP/c17-13(18,19)7-1-3-9(15(23,24)25)11(5-7)30(29)12-6-8(14(20,21)22)2-4-10(12)16(26,27)28/h1-6H/q+1. The molecule has 0 bridgehead atoms. The van der Waals surface area contributed by atoms with Crippen LogP contribution in [0, 0.1) is 0 Å². The summed E-state index contributed by atoms with van der Waals surface area (Å²) in [6, 6.07) is -0.943. The predicted octanol–water partition coefficient (Wildman–Crippen LogP) is 6.54. The summed E-state index contributed by atoms with van der Waals surface area (Å²) in [5, 5.41) is -3.45. The van der Waals surface area contributed by atoms with Crippen molar-refractivity contribution in [3.63, 3.8) is 0 Å². The Balaban J connectivity index is 2.84. The Kier molecular flexibility index (Phi) is 5.94. The summed E-state index contributed by atoms with van der Waals surface area (Å²) in [7, 11) is -4.16. The largest absolute Gasteiger partial charge is 0.420 e. The van der Waals surface area contributed by atoms with E-state index >= 15 is 0 Å². The molecule has 0 aliphatic heterocycles. The monoisotopic (exact) mass is 473 g/mol. The highest BCUT2D eigenvalue weighted by atomic mass is 31.1. The van der Waals surface area contributed by atoms with Crippen LogP contribution < -0.4 is 10.6 Å². The number of hydrogen-bond acceptors (Lipinski definition) is 1. The molecule has 0 aromatic heterocycles. The Morgan fingerprint density at radius 3 is 1.03 bits per heavy atom. The fourth-order valence-corrected chi connectivity index (χ4v) is 3.97. The van der Waals surface area contributed by atoms with E-state index in [1.807, 2.05) is 0 Å². The van der Waals surface area contributed by atoms with Gasteiger partial charge in [-0.05, 0) is 24.3 Å². The molecule has 0 saturated carbocycles. The van der Waals surface area contributed by atoms with Crippen LogP contribution in [-0.2, 0) is 29.3 Å². The maximum Gasteiger partial charge on any atom is 0.420 e. The van der Waals surface area contributed by atoms with Gasteiger partial charge in [0.25, 0.3) is 0 Å². The predicted molar refractivity (Wildman–Crippen MR) is 79.8 cm³/mol. The van der Waals surface area contributed by atoms with Crippen molar-refractivity contribution in [1.29, 1.82) is 0 Å². The molecule has 14 heteroatoms. The lowest BCUT2D eigenvalue weighted by atomic mass is 10.1. The first-order chi connectivity index (χ1) is 13.3. The molecule has 164 valence electrons. The van der Waals surface area contributed by atoms with Gasteiger partial charge >= 0.3 is 32.5 Å². The second-order valence-corrected chi connectivity index (χ2v) is 7.30. The summed E-state index contributed by atoms with van der Waals surface area (Å²) < 4.78 is 168. The van der Waals surface area contributed by atoms with Crippen LogP contribution in [0.4, 0.5) is 52.7 Å². The summed E-state index contributed by atoms with van der Waals surface area (Å²) in [6.07, 6.45) is -21.4. The summed E-state index contributed by atoms with van der Waals surface area (Å²) >= 11 is 0. The van der Waals surface area contributed by atoms with Gasteiger partial charge < -0.3 is 0 Å². The molecule has 2 rings (SSSR count). The van der Waals surface area contributed by atoms with Gasteiger partial charge in [0.1, 0.15) is 11.1 Å². The van der Waals surface area contributed by atoms with Crippen molar-refractivity contribution in [2.24, 2.45) is 0 Å². The van der Waals surface area contributed by atoms with Crippen LogP contribution in [0.25, 0.3) is 0 Å². The lowest BCUT2D eigenvalue weighted by Crippen LogP contribution is -2.26. The summed E-state index contributed by atoms with van der Waals surface area (Å²) in [4.78, 5) is 0. The molecule has 2 aromatic rings. The van der Waals surface area contributed by atoms with Gasteiger partial charge in [0.05, 0.1) is 11.1 Å². The van der Waals surface area contributed by atoms with Crippen molar-refractivity contribution in [2.45, 2.75) is 24.7 Å². The zero-order valence-corrected chi connectivity index (χ0v) is 14.7. The minimum absolute atomic E-state index is 0.0354. The molecule has 0 saturated heterocycles. The van der Waals surface area contributed by atoms with Crippen molar-refractivity contribution in [2.75, 3.05) is 0 Å². The van der Waals surface area contributed by atoms with Gasteiger partial charge in [-0.3, -0.25) is 0 Å². The van der Waals surface area contributed by atoms with Crippen molar-refractivity contribution in [3.8, 4) is 0 Å². The van der Waals surface area contributed by atoms with Gasteiger partial charge in [0.2, 0.25) is 10.6 Å². The number of halogens is 12. The average molecular weight is 473 g/mol. The van der Waals surface area contributed by atoms with Gasteiger partial charge in [-0.2, -0.15) is 52.7 Å². The number of hydrogen-bond donors (Lipinski definition) is 0. The first-order valence-corrected chi connectivity index (χ1v) is 8.63. The van der Waals surface area contributed by atoms with E-state index in [-0.39, 0.29) is 36.4 Å². The summed E-state index contributed by atoms with van der Waals surface area (Å²) in [6.45, 7) is 0. The molecule has 0 radical (unpaired) electrons. The molecule has 0 spiro atoms. The lowest BCUT2D eigenvalue weighted by Gasteiger charge is -2.13. The van der Waals surface area contributed by atoms with E-state index < -0.39 is 65.4 Å².